The van der Waals surface area contributed by atoms with Crippen molar-refractivity contribution in [2.45, 2.75) is 0 Å². The van der Waals surface area contributed by atoms with Crippen LogP contribution in [-0.4, -0.2) is 13.1 Å². The average molecular weight is 289 g/mol. The lowest BCUT2D eigenvalue weighted by Crippen LogP contribution is -1.96. The number of benzene rings is 1. The van der Waals surface area contributed by atoms with E-state index in [9.17, 15) is 9.18 Å². The van der Waals surface area contributed by atoms with E-state index in [1.165, 1.54) is 30.6 Å². The van der Waals surface area contributed by atoms with E-state index in [0.29, 0.717) is 9.35 Å². The fourth-order valence-electron chi connectivity index (χ4n) is 1.27. The summed E-state index contributed by atoms with van der Waals surface area (Å²) >= 11 is 4.46. The maximum Gasteiger partial charge on any atom is 0.348 e. The second kappa shape index (κ2) is 3.90. The van der Waals surface area contributed by atoms with Gasteiger partial charge >= 0.3 is 5.97 Å². The minimum absolute atomic E-state index is 0.326. The Morgan fingerprint density at radius 1 is 1.47 bits per heavy atom. The number of hydrogen-bond acceptors (Lipinski definition) is 3. The van der Waals surface area contributed by atoms with Gasteiger partial charge in [0.1, 0.15) is 10.7 Å². The smallest absolute Gasteiger partial charge is 0.348 e. The molecule has 78 valence electrons. The van der Waals surface area contributed by atoms with Crippen molar-refractivity contribution in [3.05, 3.63) is 33.4 Å². The lowest BCUT2D eigenvalue weighted by Gasteiger charge is -1.93. The van der Waals surface area contributed by atoms with E-state index in [1.54, 1.807) is 6.07 Å². The lowest BCUT2D eigenvalue weighted by atomic mass is 10.2. The highest BCUT2D eigenvalue weighted by molar-refractivity contribution is 9.10. The molecule has 0 saturated heterocycles. The Morgan fingerprint density at radius 3 is 2.87 bits per heavy atom. The van der Waals surface area contributed by atoms with E-state index in [4.69, 9.17) is 0 Å². The highest BCUT2D eigenvalue weighted by atomic mass is 79.9. The van der Waals surface area contributed by atoms with Gasteiger partial charge in [0.25, 0.3) is 0 Å². The quantitative estimate of drug-likeness (QED) is 0.750. The number of hydrogen-bond donors (Lipinski definition) is 0. The molecule has 1 aromatic heterocycles. The molecule has 0 aliphatic rings. The second-order valence-electron chi connectivity index (χ2n) is 2.90. The van der Waals surface area contributed by atoms with Gasteiger partial charge in [-0.25, -0.2) is 9.18 Å². The summed E-state index contributed by atoms with van der Waals surface area (Å²) in [5.74, 6) is -0.726. The third-order valence-corrected chi connectivity index (χ3v) is 3.66. The van der Waals surface area contributed by atoms with Gasteiger partial charge in [-0.15, -0.1) is 11.3 Å². The fourth-order valence-corrected chi connectivity index (χ4v) is 2.97. The second-order valence-corrected chi connectivity index (χ2v) is 4.84. The van der Waals surface area contributed by atoms with Crippen LogP contribution < -0.4 is 0 Å². The van der Waals surface area contributed by atoms with Gasteiger partial charge < -0.3 is 4.74 Å². The number of carbonyl (C=O) groups excluding carboxylic acids is 1. The molecule has 0 fully saturated rings. The molecule has 0 aliphatic carbocycles. The Balaban J connectivity index is 2.65. The van der Waals surface area contributed by atoms with Crippen LogP contribution in [0, 0.1) is 5.82 Å². The number of esters is 1. The summed E-state index contributed by atoms with van der Waals surface area (Å²) in [6.07, 6.45) is 0. The Bertz CT molecular complexity index is 535. The molecular formula is C10H6BrFO2S. The van der Waals surface area contributed by atoms with E-state index < -0.39 is 5.97 Å². The van der Waals surface area contributed by atoms with Crippen molar-refractivity contribution < 1.29 is 13.9 Å². The maximum atomic E-state index is 13.1. The highest BCUT2D eigenvalue weighted by Gasteiger charge is 2.12. The van der Waals surface area contributed by atoms with Crippen LogP contribution in [0.25, 0.3) is 10.1 Å². The van der Waals surface area contributed by atoms with Crippen LogP contribution in [-0.2, 0) is 4.74 Å². The molecule has 1 heterocycles. The number of methoxy groups -OCH3 is 1. The van der Waals surface area contributed by atoms with Crippen LogP contribution in [0.2, 0.25) is 0 Å². The molecule has 15 heavy (non-hydrogen) atoms. The molecule has 0 aliphatic heterocycles. The lowest BCUT2D eigenvalue weighted by molar-refractivity contribution is 0.0606. The summed E-state index contributed by atoms with van der Waals surface area (Å²) in [6.45, 7) is 0. The number of ether oxygens (including phenoxy) is 1. The number of halogens is 2. The normalized spacial score (nSPS) is 10.6. The topological polar surface area (TPSA) is 26.3 Å². The van der Waals surface area contributed by atoms with Gasteiger partial charge in [0.05, 0.1) is 7.11 Å². The summed E-state index contributed by atoms with van der Waals surface area (Å²) in [5.41, 5.74) is 0. The van der Waals surface area contributed by atoms with Gasteiger partial charge in [-0.05, 0) is 18.2 Å². The van der Waals surface area contributed by atoms with Gasteiger partial charge in [-0.3, -0.25) is 0 Å². The molecule has 0 saturated carbocycles. The van der Waals surface area contributed by atoms with Gasteiger partial charge in [0.2, 0.25) is 0 Å². The van der Waals surface area contributed by atoms with E-state index >= 15 is 0 Å². The minimum Gasteiger partial charge on any atom is -0.465 e. The maximum absolute atomic E-state index is 13.1. The SMILES string of the molecule is COC(=O)c1cc2c(Br)cc(F)cc2s1. The number of carbonyl (C=O) groups is 1. The van der Waals surface area contributed by atoms with E-state index in [1.807, 2.05) is 0 Å². The predicted molar refractivity (Wildman–Crippen MR) is 60.8 cm³/mol. The van der Waals surface area contributed by atoms with Crippen LogP contribution in [0.4, 0.5) is 4.39 Å². The molecular weight excluding hydrogens is 283 g/mol. The molecule has 5 heteroatoms. The van der Waals surface area contributed by atoms with Crippen LogP contribution in [0.3, 0.4) is 0 Å². The molecule has 0 spiro atoms. The molecule has 0 bridgehead atoms. The van der Waals surface area contributed by atoms with Gasteiger partial charge in [-0.2, -0.15) is 0 Å². The van der Waals surface area contributed by atoms with Gasteiger partial charge in [0.15, 0.2) is 0 Å². The predicted octanol–water partition coefficient (Wildman–Crippen LogP) is 3.59. The van der Waals surface area contributed by atoms with E-state index in [0.717, 1.165) is 10.1 Å². The van der Waals surface area contributed by atoms with Crippen LogP contribution in [0.1, 0.15) is 9.67 Å². The van der Waals surface area contributed by atoms with Crippen molar-refractivity contribution in [2.24, 2.45) is 0 Å². The summed E-state index contributed by atoms with van der Waals surface area (Å²) in [7, 11) is 1.32. The summed E-state index contributed by atoms with van der Waals surface area (Å²) in [4.78, 5) is 11.7. The van der Waals surface area contributed by atoms with Crippen LogP contribution >= 0.6 is 27.3 Å². The first-order valence-electron chi connectivity index (χ1n) is 4.08. The molecule has 0 atom stereocenters. The van der Waals surface area contributed by atoms with Gasteiger partial charge in [0, 0.05) is 14.6 Å². The van der Waals surface area contributed by atoms with Crippen molar-refractivity contribution >= 4 is 43.3 Å². The fraction of sp³-hybridized carbons (Fsp3) is 0.100. The van der Waals surface area contributed by atoms with Crippen molar-refractivity contribution in [1.29, 1.82) is 0 Å². The molecule has 2 aromatic rings. The zero-order chi connectivity index (χ0) is 11.0. The number of thiophene rings is 1. The zero-order valence-electron chi connectivity index (χ0n) is 7.71. The third-order valence-electron chi connectivity index (χ3n) is 1.94. The zero-order valence-corrected chi connectivity index (χ0v) is 10.1. The molecule has 0 radical (unpaired) electrons. The number of rotatable bonds is 1. The first-order chi connectivity index (χ1) is 7.11. The van der Waals surface area contributed by atoms with Crippen molar-refractivity contribution in [1.82, 2.24) is 0 Å². The monoisotopic (exact) mass is 288 g/mol. The van der Waals surface area contributed by atoms with Gasteiger partial charge in [-0.1, -0.05) is 15.9 Å². The molecule has 1 aromatic carbocycles. The van der Waals surface area contributed by atoms with Crippen LogP contribution in [0.15, 0.2) is 22.7 Å². The summed E-state index contributed by atoms with van der Waals surface area (Å²) < 4.78 is 19.0. The Kier molecular flexibility index (Phi) is 2.75. The first-order valence-corrected chi connectivity index (χ1v) is 5.69. The highest BCUT2D eigenvalue weighted by Crippen LogP contribution is 2.32. The Hall–Kier alpha value is -0.940. The average Bonchev–Trinajstić information content (AvgIpc) is 2.60. The standard InChI is InChI=1S/C10H6BrFO2S/c1-14-10(13)9-4-6-7(11)2-5(12)3-8(6)15-9/h2-4H,1H3. The summed E-state index contributed by atoms with van der Waals surface area (Å²) in [6, 6.07) is 4.46. The Morgan fingerprint density at radius 2 is 2.20 bits per heavy atom. The van der Waals surface area contributed by atoms with Crippen molar-refractivity contribution in [3.63, 3.8) is 0 Å². The molecule has 2 nitrogen and oxygen atoms in total. The minimum atomic E-state index is -0.400. The molecule has 0 amide bonds. The van der Waals surface area contributed by atoms with Crippen molar-refractivity contribution in [3.8, 4) is 0 Å². The first kappa shape index (κ1) is 10.6. The molecule has 0 N–H and O–H groups in total. The van der Waals surface area contributed by atoms with Crippen LogP contribution in [0.5, 0.6) is 0 Å². The third kappa shape index (κ3) is 1.89. The van der Waals surface area contributed by atoms with E-state index in [-0.39, 0.29) is 5.82 Å². The molecule has 2 rings (SSSR count). The Labute approximate surface area is 97.8 Å². The molecule has 0 unspecified atom stereocenters. The van der Waals surface area contributed by atoms with Crippen molar-refractivity contribution in [2.75, 3.05) is 7.11 Å². The summed E-state index contributed by atoms with van der Waals surface area (Å²) in [5, 5.41) is 0.821. The van der Waals surface area contributed by atoms with E-state index in [2.05, 4.69) is 20.7 Å². The number of fused-ring (bicyclic) bond motifs is 1. The largest absolute Gasteiger partial charge is 0.465 e.